The predicted molar refractivity (Wildman–Crippen MR) is 114 cm³/mol. The van der Waals surface area contributed by atoms with E-state index >= 15 is 0 Å². The van der Waals surface area contributed by atoms with Gasteiger partial charge in [-0.05, 0) is 47.7 Å². The number of carbonyl (C=O) groups excluding carboxylic acids is 1. The van der Waals surface area contributed by atoms with Crippen LogP contribution < -0.4 is 10.6 Å². The number of furan rings is 1. The minimum atomic E-state index is -0.989. The first-order valence-electron chi connectivity index (χ1n) is 10.2. The van der Waals surface area contributed by atoms with Gasteiger partial charge < -0.3 is 20.2 Å². The van der Waals surface area contributed by atoms with Crippen LogP contribution >= 0.6 is 0 Å². The number of rotatable bonds is 10. The zero-order valence-corrected chi connectivity index (χ0v) is 17.3. The molecule has 0 saturated heterocycles. The molecule has 164 valence electrons. The summed E-state index contributed by atoms with van der Waals surface area (Å²) in [5.41, 5.74) is 2.94. The van der Waals surface area contributed by atoms with Gasteiger partial charge in [-0.15, -0.1) is 0 Å². The monoisotopic (exact) mass is 428 g/mol. The number of amides is 1. The van der Waals surface area contributed by atoms with Crippen molar-refractivity contribution in [2.24, 2.45) is 0 Å². The van der Waals surface area contributed by atoms with Crippen LogP contribution in [0, 0.1) is 11.6 Å². The van der Waals surface area contributed by atoms with Gasteiger partial charge in [0.05, 0.1) is 24.0 Å². The lowest BCUT2D eigenvalue weighted by atomic mass is 10.00. The highest BCUT2D eigenvalue weighted by Crippen LogP contribution is 2.13. The number of halogens is 2. The Bertz CT molecular complexity index is 972. The number of benzene rings is 2. The van der Waals surface area contributed by atoms with E-state index in [-0.39, 0.29) is 13.0 Å². The molecule has 3 aromatic rings. The first-order valence-corrected chi connectivity index (χ1v) is 10.2. The molecule has 3 N–H and O–H groups in total. The van der Waals surface area contributed by atoms with Crippen molar-refractivity contribution in [3.63, 3.8) is 0 Å². The lowest BCUT2D eigenvalue weighted by Gasteiger charge is -2.25. The Labute approximate surface area is 180 Å². The van der Waals surface area contributed by atoms with Gasteiger partial charge in [-0.25, -0.2) is 8.78 Å². The van der Waals surface area contributed by atoms with Crippen molar-refractivity contribution >= 4 is 5.91 Å². The molecule has 0 aliphatic rings. The van der Waals surface area contributed by atoms with E-state index in [1.54, 1.807) is 0 Å². The average molecular weight is 428 g/mol. The Balaban J connectivity index is 1.67. The summed E-state index contributed by atoms with van der Waals surface area (Å²) in [5, 5.41) is 16.7. The Morgan fingerprint density at radius 1 is 1.06 bits per heavy atom. The fourth-order valence-corrected chi connectivity index (χ4v) is 3.38. The topological polar surface area (TPSA) is 74.5 Å². The van der Waals surface area contributed by atoms with Gasteiger partial charge in [-0.3, -0.25) is 4.79 Å². The van der Waals surface area contributed by atoms with Crippen molar-refractivity contribution in [1.29, 1.82) is 0 Å². The average Bonchev–Trinajstić information content (AvgIpc) is 3.28. The number of aryl methyl sites for hydroxylation is 1. The second kappa shape index (κ2) is 10.8. The highest BCUT2D eigenvalue weighted by Gasteiger charge is 2.23. The highest BCUT2D eigenvalue weighted by molar-refractivity contribution is 5.94. The quantitative estimate of drug-likeness (QED) is 0.461. The molecule has 31 heavy (non-hydrogen) atoms. The zero-order chi connectivity index (χ0) is 22.2. The summed E-state index contributed by atoms with van der Waals surface area (Å²) in [6.07, 6.45) is 2.67. The maximum Gasteiger partial charge on any atom is 0.254 e. The lowest BCUT2D eigenvalue weighted by Crippen LogP contribution is -2.48. The normalized spacial score (nSPS) is 13.0. The molecule has 0 bridgehead atoms. The Hall–Kier alpha value is -3.03. The van der Waals surface area contributed by atoms with Crippen molar-refractivity contribution in [3.8, 4) is 0 Å². The number of aliphatic hydroxyl groups is 1. The number of carbonyl (C=O) groups is 1. The minimum absolute atomic E-state index is 0.0619. The van der Waals surface area contributed by atoms with Gasteiger partial charge in [0.25, 0.3) is 5.91 Å². The number of hydrogen-bond donors (Lipinski definition) is 3. The zero-order valence-electron chi connectivity index (χ0n) is 17.3. The first-order chi connectivity index (χ1) is 14.9. The van der Waals surface area contributed by atoms with E-state index in [0.29, 0.717) is 17.7 Å². The van der Waals surface area contributed by atoms with Crippen LogP contribution in [-0.2, 0) is 19.4 Å². The molecule has 2 atom stereocenters. The first kappa shape index (κ1) is 22.7. The molecular weight excluding hydrogens is 402 g/mol. The molecule has 0 radical (unpaired) electrons. The van der Waals surface area contributed by atoms with E-state index in [9.17, 15) is 18.7 Å². The van der Waals surface area contributed by atoms with Crippen LogP contribution in [0.2, 0.25) is 0 Å². The van der Waals surface area contributed by atoms with E-state index < -0.39 is 29.7 Å². The van der Waals surface area contributed by atoms with Gasteiger partial charge in [0.1, 0.15) is 17.9 Å². The smallest absolute Gasteiger partial charge is 0.254 e. The van der Waals surface area contributed by atoms with Gasteiger partial charge in [0.2, 0.25) is 0 Å². The number of nitrogens with one attached hydrogen (secondary N) is 2. The summed E-state index contributed by atoms with van der Waals surface area (Å²) in [5.74, 6) is -1.86. The molecule has 0 aliphatic carbocycles. The van der Waals surface area contributed by atoms with Gasteiger partial charge in [-0.2, -0.15) is 0 Å². The summed E-state index contributed by atoms with van der Waals surface area (Å²) in [4.78, 5) is 12.5. The van der Waals surface area contributed by atoms with Crippen LogP contribution in [0.4, 0.5) is 8.78 Å². The Morgan fingerprint density at radius 2 is 1.81 bits per heavy atom. The van der Waals surface area contributed by atoms with Crippen LogP contribution in [0.3, 0.4) is 0 Å². The van der Waals surface area contributed by atoms with Crippen molar-refractivity contribution in [3.05, 3.63) is 94.9 Å². The third-order valence-corrected chi connectivity index (χ3v) is 5.02. The van der Waals surface area contributed by atoms with E-state index in [2.05, 4.69) is 29.7 Å². The molecule has 1 amide bonds. The second-order valence-electron chi connectivity index (χ2n) is 7.45. The number of hydrogen-bond acceptors (Lipinski definition) is 4. The lowest BCUT2D eigenvalue weighted by molar-refractivity contribution is 0.0829. The fourth-order valence-electron chi connectivity index (χ4n) is 3.38. The molecule has 5 nitrogen and oxygen atoms in total. The van der Waals surface area contributed by atoms with Gasteiger partial charge in [0.15, 0.2) is 0 Å². The van der Waals surface area contributed by atoms with Crippen LogP contribution in [0.5, 0.6) is 0 Å². The molecule has 0 aliphatic heterocycles. The maximum atomic E-state index is 13.6. The molecule has 3 rings (SSSR count). The fraction of sp³-hybridized carbons (Fsp3) is 0.292. The molecule has 0 spiro atoms. The van der Waals surface area contributed by atoms with E-state index in [1.807, 2.05) is 12.1 Å². The molecule has 1 heterocycles. The van der Waals surface area contributed by atoms with E-state index in [0.717, 1.165) is 18.1 Å². The van der Waals surface area contributed by atoms with Crippen molar-refractivity contribution in [2.45, 2.75) is 38.5 Å². The third kappa shape index (κ3) is 6.73. The van der Waals surface area contributed by atoms with Crippen molar-refractivity contribution in [1.82, 2.24) is 10.6 Å². The van der Waals surface area contributed by atoms with Crippen molar-refractivity contribution in [2.75, 3.05) is 6.54 Å². The Kier molecular flexibility index (Phi) is 7.92. The molecular formula is C24H26F2N2O3. The predicted octanol–water partition coefficient (Wildman–Crippen LogP) is 3.61. The van der Waals surface area contributed by atoms with E-state index in [4.69, 9.17) is 4.42 Å². The molecule has 0 fully saturated rings. The SMILES string of the molecule is CCc1cccc(CNCC(O)C(Cc2cc(F)cc(F)c2)NC(=O)c2ccoc2)c1. The van der Waals surface area contributed by atoms with E-state index in [1.165, 1.54) is 36.3 Å². The maximum absolute atomic E-state index is 13.6. The Morgan fingerprint density at radius 3 is 2.48 bits per heavy atom. The highest BCUT2D eigenvalue weighted by atomic mass is 19.1. The van der Waals surface area contributed by atoms with Crippen LogP contribution in [-0.4, -0.2) is 29.7 Å². The minimum Gasteiger partial charge on any atom is -0.472 e. The summed E-state index contributed by atoms with van der Waals surface area (Å²) in [6, 6.07) is 12.0. The van der Waals surface area contributed by atoms with Crippen LogP contribution in [0.1, 0.15) is 34.0 Å². The van der Waals surface area contributed by atoms with Gasteiger partial charge in [-0.1, -0.05) is 31.2 Å². The molecule has 0 saturated carbocycles. The summed E-state index contributed by atoms with van der Waals surface area (Å²) < 4.78 is 32.1. The largest absolute Gasteiger partial charge is 0.472 e. The summed E-state index contributed by atoms with van der Waals surface area (Å²) >= 11 is 0. The molecule has 7 heteroatoms. The molecule has 1 aromatic heterocycles. The molecule has 2 unspecified atom stereocenters. The van der Waals surface area contributed by atoms with Gasteiger partial charge >= 0.3 is 0 Å². The van der Waals surface area contributed by atoms with Crippen molar-refractivity contribution < 1.29 is 23.1 Å². The second-order valence-corrected chi connectivity index (χ2v) is 7.45. The standard InChI is InChI=1S/C24H26F2N2O3/c1-2-16-4-3-5-17(8-16)13-27-14-23(29)22(28-24(30)19-6-7-31-15-19)11-18-9-20(25)12-21(26)10-18/h3-10,12,15,22-23,27,29H,2,11,13-14H2,1H3,(H,28,30). The summed E-state index contributed by atoms with van der Waals surface area (Å²) in [7, 11) is 0. The molecule has 2 aromatic carbocycles. The summed E-state index contributed by atoms with van der Waals surface area (Å²) in [6.45, 7) is 2.81. The van der Waals surface area contributed by atoms with Crippen LogP contribution in [0.15, 0.2) is 65.5 Å². The van der Waals surface area contributed by atoms with Gasteiger partial charge in [0, 0.05) is 19.2 Å². The third-order valence-electron chi connectivity index (χ3n) is 5.02. The van der Waals surface area contributed by atoms with Crippen LogP contribution in [0.25, 0.3) is 0 Å². The number of aliphatic hydroxyl groups excluding tert-OH is 1.